The third-order valence-electron chi connectivity index (χ3n) is 23.5. The van der Waals surface area contributed by atoms with Gasteiger partial charge in [-0.3, -0.25) is 24.0 Å². The molecule has 7 aliphatic carbocycles. The third kappa shape index (κ3) is 15.0. The molecule has 4 saturated heterocycles. The molecule has 103 heavy (non-hydrogen) atoms. The molecule has 0 bridgehead atoms. The van der Waals surface area contributed by atoms with Crippen LogP contribution in [0.15, 0.2) is 133 Å². The number of alkyl halides is 1. The lowest BCUT2D eigenvalue weighted by atomic mass is 9.85. The number of halogens is 4. The van der Waals surface area contributed by atoms with E-state index in [1.807, 2.05) is 75.4 Å². The van der Waals surface area contributed by atoms with E-state index in [-0.39, 0.29) is 139 Å². The van der Waals surface area contributed by atoms with Gasteiger partial charge in [-0.25, -0.2) is 30.8 Å². The highest BCUT2D eigenvalue weighted by Crippen LogP contribution is 2.55. The van der Waals surface area contributed by atoms with Crippen molar-refractivity contribution in [1.29, 1.82) is 0 Å². The third-order valence-corrected chi connectivity index (χ3v) is 24.7. The van der Waals surface area contributed by atoms with E-state index < -0.39 is 51.6 Å². The van der Waals surface area contributed by atoms with Gasteiger partial charge in [-0.15, -0.1) is 0 Å². The molecule has 4 aliphatic heterocycles. The fraction of sp³-hybridized carbons (Fsp3) is 0.481. The van der Waals surface area contributed by atoms with Crippen LogP contribution in [-0.4, -0.2) is 125 Å². The maximum atomic E-state index is 15.4. The summed E-state index contributed by atoms with van der Waals surface area (Å²) in [6, 6.07) is 35.6. The second-order valence-electron chi connectivity index (χ2n) is 31.6. The van der Waals surface area contributed by atoms with E-state index in [2.05, 4.69) is 16.0 Å². The van der Waals surface area contributed by atoms with Gasteiger partial charge in [-0.2, -0.15) is 4.31 Å². The lowest BCUT2D eigenvalue weighted by Crippen LogP contribution is -2.61. The summed E-state index contributed by atoms with van der Waals surface area (Å²) in [5.41, 5.74) is 3.33. The average Bonchev–Trinajstić information content (AvgIpc) is 1.68. The zero-order valence-corrected chi connectivity index (χ0v) is 59.2. The minimum absolute atomic E-state index is 0.000872. The van der Waals surface area contributed by atoms with E-state index in [4.69, 9.17) is 4.74 Å². The first-order valence-corrected chi connectivity index (χ1v) is 38.5. The molecule has 4 heterocycles. The Bertz CT molecular complexity index is 4440. The molecule has 6 aromatic carbocycles. The largest absolute Gasteiger partial charge is 0.445 e. The molecule has 11 fully saturated rings. The van der Waals surface area contributed by atoms with E-state index in [0.29, 0.717) is 46.6 Å². The van der Waals surface area contributed by atoms with Gasteiger partial charge in [-0.1, -0.05) is 91.0 Å². The van der Waals surface area contributed by atoms with Crippen LogP contribution in [0, 0.1) is 85.6 Å². The summed E-state index contributed by atoms with van der Waals surface area (Å²) in [5.74, 6) is 1.24. The molecule has 17 rings (SSSR count). The summed E-state index contributed by atoms with van der Waals surface area (Å²) in [4.78, 5) is 84.5. The Labute approximate surface area is 598 Å². The number of hydrogen-bond donors (Lipinski definition) is 4. The number of carbonyl (C=O) groups is 6. The summed E-state index contributed by atoms with van der Waals surface area (Å²) >= 11 is 0. The van der Waals surface area contributed by atoms with Crippen LogP contribution in [-0.2, 0) is 47.0 Å². The number of sulfonamides is 1. The number of fused-ring (bicyclic) bond motifs is 3. The SMILES string of the molecule is Cc1ccc([C@H](NC(=O)C2C[C@@H]3C[C@@H]3C2)C2CC2)c(F)c1.Cc1ccc([C@H](NC(=O)[C@H]2C[C@H]3C[C@H]3N2C(=O)c2cccc(C3(F)CN(S(C)(=O)=O)C3)c2)C2CC2)c(F)c1.Cc1ccc([C@H](NC(=O)[C@H]2C[C@H]3C[C@H]3N2C(=O)c2cccc(C3(O)CN(C(=O)OCc4ccccc4)C3)c2)C2CC2)c(F)c1. The molecule has 11 aliphatic rings. The van der Waals surface area contributed by atoms with Crippen LogP contribution >= 0.6 is 0 Å². The van der Waals surface area contributed by atoms with Crippen LogP contribution in [0.4, 0.5) is 22.4 Å². The number of hydrogen-bond acceptors (Lipinski definition) is 10. The Kier molecular flexibility index (Phi) is 18.8. The summed E-state index contributed by atoms with van der Waals surface area (Å²) in [7, 11) is -3.49. The van der Waals surface area contributed by atoms with Gasteiger partial charge in [0, 0.05) is 45.8 Å². The zero-order chi connectivity index (χ0) is 72.1. The molecule has 0 aromatic heterocycles. The fourth-order valence-corrected chi connectivity index (χ4v) is 17.6. The molecule has 12 atom stereocenters. The van der Waals surface area contributed by atoms with Crippen LogP contribution in [0.5, 0.6) is 0 Å². The second kappa shape index (κ2) is 27.5. The molecule has 6 amide bonds. The van der Waals surface area contributed by atoms with Crippen molar-refractivity contribution in [2.24, 2.45) is 47.3 Å². The number of nitrogens with one attached hydrogen (secondary N) is 3. The maximum absolute atomic E-state index is 15.4. The van der Waals surface area contributed by atoms with Gasteiger partial charge in [0.05, 0.1) is 50.6 Å². The molecule has 1 unspecified atom stereocenters. The summed E-state index contributed by atoms with van der Waals surface area (Å²) in [6.07, 6.45) is 12.6. The Hall–Kier alpha value is -8.47. The van der Waals surface area contributed by atoms with E-state index in [1.165, 1.54) is 29.5 Å². The lowest BCUT2D eigenvalue weighted by molar-refractivity contribution is -0.127. The molecule has 17 nitrogen and oxygen atoms in total. The fourth-order valence-electron chi connectivity index (χ4n) is 16.8. The Morgan fingerprint density at radius 2 is 0.942 bits per heavy atom. The quantitative estimate of drug-likeness (QED) is 0.0563. The van der Waals surface area contributed by atoms with Gasteiger partial charge in [0.25, 0.3) is 11.8 Å². The highest BCUT2D eigenvalue weighted by atomic mass is 32.2. The Morgan fingerprint density at radius 3 is 1.37 bits per heavy atom. The van der Waals surface area contributed by atoms with Gasteiger partial charge in [0.15, 0.2) is 5.67 Å². The number of carbonyl (C=O) groups excluding carboxylic acids is 6. The lowest BCUT2D eigenvalue weighted by Gasteiger charge is -2.46. The molecular formula is C81H89F4N7O10S. The highest BCUT2D eigenvalue weighted by Gasteiger charge is 2.59. The molecular weight excluding hydrogens is 1340 g/mol. The maximum Gasteiger partial charge on any atom is 0.410 e. The molecule has 22 heteroatoms. The number of benzene rings is 6. The first-order chi connectivity index (χ1) is 49.3. The standard InChI is InChI=1S/C35H36FN3O5.C28H31F2N3O4S.C18H22FNO/c1-21-10-13-27(28(36)14-21)31(23-11-12-23)37-32(40)30-17-25-16-29(25)39(30)33(41)24-8-5-9-26(15-24)35(43)19-38(20-35)34(42)44-18-22-6-3-2-4-7-22;1-16-6-9-21(22(29)10-16)25(17-7-8-17)31-26(34)24-13-19-12-23(19)33(24)27(35)18-4-3-5-20(11-18)28(30)14-32(15-28)38(2,36)37;1-10-2-5-15(16(19)6-10)17(11-3-4-11)20-18(21)14-8-12-7-13(12)9-14/h2-10,13-15,23,25,29-31,43H,11-12,16-20H2,1H3,(H,37,40);3-6,9-11,17,19,23-25H,7-8,12-15H2,1-2H3,(H,31,34);2,5-6,11-14,17H,3-4,7-9H2,1H3,(H,20,21)/t25-,29-,30-,31-;19-,23-,24-,25-;12-,13+,14?,17-/m111/s1. The van der Waals surface area contributed by atoms with Crippen LogP contribution < -0.4 is 16.0 Å². The van der Waals surface area contributed by atoms with Crippen molar-refractivity contribution in [2.75, 3.05) is 32.4 Å². The molecule has 0 radical (unpaired) electrons. The van der Waals surface area contributed by atoms with E-state index in [0.717, 1.165) is 109 Å². The van der Waals surface area contributed by atoms with Crippen molar-refractivity contribution in [3.8, 4) is 0 Å². The van der Waals surface area contributed by atoms with Gasteiger partial charge in [0.1, 0.15) is 41.7 Å². The molecule has 4 N–H and O–H groups in total. The second-order valence-corrected chi connectivity index (χ2v) is 33.6. The van der Waals surface area contributed by atoms with E-state index in [1.54, 1.807) is 70.5 Å². The number of likely N-dealkylation sites (tertiary alicyclic amines) is 3. The van der Waals surface area contributed by atoms with Crippen molar-refractivity contribution in [2.45, 2.75) is 164 Å². The Morgan fingerprint density at radius 1 is 0.515 bits per heavy atom. The van der Waals surface area contributed by atoms with Crippen molar-refractivity contribution >= 4 is 45.7 Å². The van der Waals surface area contributed by atoms with Crippen LogP contribution in [0.1, 0.15) is 172 Å². The minimum atomic E-state index is -3.49. The first-order valence-electron chi connectivity index (χ1n) is 36.6. The van der Waals surface area contributed by atoms with Crippen molar-refractivity contribution in [1.82, 2.24) is 35.0 Å². The van der Waals surface area contributed by atoms with Crippen LogP contribution in [0.3, 0.4) is 0 Å². The highest BCUT2D eigenvalue weighted by molar-refractivity contribution is 7.88. The summed E-state index contributed by atoms with van der Waals surface area (Å²) < 4.78 is 89.2. The minimum Gasteiger partial charge on any atom is -0.445 e. The van der Waals surface area contributed by atoms with Crippen LogP contribution in [0.2, 0.25) is 0 Å². The average molecular weight is 1430 g/mol. The number of aliphatic hydroxyl groups is 1. The van der Waals surface area contributed by atoms with E-state index in [9.17, 15) is 55.5 Å². The molecule has 0 spiro atoms. The van der Waals surface area contributed by atoms with Gasteiger partial charge < -0.3 is 40.5 Å². The number of piperidine rings is 2. The van der Waals surface area contributed by atoms with E-state index >= 15 is 4.39 Å². The number of β-amino-alcohol motifs (C(OH)–C–C–N with tert-alkyl or cyclic N) is 1. The molecule has 7 saturated carbocycles. The number of amides is 6. The predicted molar refractivity (Wildman–Crippen MR) is 376 cm³/mol. The number of ether oxygens (including phenoxy) is 1. The monoisotopic (exact) mass is 1430 g/mol. The number of nitrogens with zero attached hydrogens (tertiary/aromatic N) is 4. The number of rotatable bonds is 19. The van der Waals surface area contributed by atoms with Gasteiger partial charge >= 0.3 is 6.09 Å². The summed E-state index contributed by atoms with van der Waals surface area (Å²) in [5, 5.41) is 20.6. The normalized spacial score (nSPS) is 26.5. The molecule has 6 aromatic rings. The molecule has 542 valence electrons. The topological polar surface area (TPSA) is 215 Å². The van der Waals surface area contributed by atoms with Gasteiger partial charge in [-0.05, 0) is 222 Å². The summed E-state index contributed by atoms with van der Waals surface area (Å²) in [6.45, 7) is 5.21. The van der Waals surface area contributed by atoms with Crippen molar-refractivity contribution in [3.63, 3.8) is 0 Å². The smallest absolute Gasteiger partial charge is 0.410 e. The van der Waals surface area contributed by atoms with Gasteiger partial charge in [0.2, 0.25) is 27.7 Å². The predicted octanol–water partition coefficient (Wildman–Crippen LogP) is 12.0. The van der Waals surface area contributed by atoms with Crippen molar-refractivity contribution < 1.29 is 64.6 Å². The zero-order valence-electron chi connectivity index (χ0n) is 58.4. The number of aryl methyl sites for hydroxylation is 3. The van der Waals surface area contributed by atoms with Crippen LogP contribution in [0.25, 0.3) is 0 Å². The Balaban J connectivity index is 0.000000132. The first kappa shape index (κ1) is 70.2. The van der Waals surface area contributed by atoms with Crippen molar-refractivity contribution in [3.05, 3.63) is 212 Å².